The van der Waals surface area contributed by atoms with Gasteiger partial charge in [0.05, 0.1) is 0 Å². The Morgan fingerprint density at radius 3 is 1.71 bits per heavy atom. The van der Waals surface area contributed by atoms with E-state index in [2.05, 4.69) is 153 Å². The summed E-state index contributed by atoms with van der Waals surface area (Å²) in [7, 11) is 0. The molecular formula is C45H37N3. The third-order valence-electron chi connectivity index (χ3n) is 8.77. The largest absolute Gasteiger partial charge is 0.213 e. The first-order valence-electron chi connectivity index (χ1n) is 16.4. The Morgan fingerprint density at radius 1 is 0.583 bits per heavy atom. The van der Waals surface area contributed by atoms with Crippen molar-refractivity contribution in [2.75, 3.05) is 0 Å². The van der Waals surface area contributed by atoms with Crippen LogP contribution in [0.4, 0.5) is 0 Å². The standard InChI is InChI=1S/C45H37N3/c1-4-14-31(2)41-28-42(34-17-9-6-10-18-34)30-43(29-41)38-22-13-24-40(27-38)45-47-32(3)46-44(48-45)39-23-12-21-37(26-39)36-20-11-19-35(25-36)33-15-7-5-8-16-33/h4-7,9-15,17-30H,1,8,16H2,2-3H3. The van der Waals surface area contributed by atoms with E-state index < -0.39 is 0 Å². The molecule has 0 saturated heterocycles. The average molecular weight is 620 g/mol. The van der Waals surface area contributed by atoms with Gasteiger partial charge in [0, 0.05) is 11.1 Å². The highest BCUT2D eigenvalue weighted by atomic mass is 15.0. The van der Waals surface area contributed by atoms with Crippen molar-refractivity contribution in [1.29, 1.82) is 0 Å². The van der Waals surface area contributed by atoms with E-state index in [1.165, 1.54) is 27.8 Å². The van der Waals surface area contributed by atoms with Crippen molar-refractivity contribution in [1.82, 2.24) is 15.0 Å². The Bertz CT molecular complexity index is 2220. The first-order chi connectivity index (χ1) is 23.5. The van der Waals surface area contributed by atoms with Crippen molar-refractivity contribution < 1.29 is 0 Å². The SMILES string of the molecule is C=CC=C(C)c1cc(-c2ccccc2)cc(-c2cccc(-c3nc(C)nc(-c4cccc(-c5cccc(C6=CC=CCC6)c5)c4)n3)c2)c1. The molecule has 0 aliphatic heterocycles. The van der Waals surface area contributed by atoms with E-state index in [0.717, 1.165) is 51.8 Å². The van der Waals surface area contributed by atoms with Gasteiger partial charge >= 0.3 is 0 Å². The van der Waals surface area contributed by atoms with E-state index in [1.807, 2.05) is 19.1 Å². The third-order valence-corrected chi connectivity index (χ3v) is 8.77. The number of hydrogen-bond acceptors (Lipinski definition) is 3. The first-order valence-corrected chi connectivity index (χ1v) is 16.4. The van der Waals surface area contributed by atoms with Gasteiger partial charge in [-0.25, -0.2) is 15.0 Å². The van der Waals surface area contributed by atoms with Crippen LogP contribution in [0.2, 0.25) is 0 Å². The Labute approximate surface area is 283 Å². The molecule has 232 valence electrons. The molecule has 7 rings (SSSR count). The van der Waals surface area contributed by atoms with Crippen LogP contribution in [0.5, 0.6) is 0 Å². The molecule has 0 N–H and O–H groups in total. The van der Waals surface area contributed by atoms with Crippen LogP contribution < -0.4 is 0 Å². The fraction of sp³-hybridized carbons (Fsp3) is 0.0889. The molecule has 6 aromatic rings. The molecule has 0 bridgehead atoms. The number of aromatic nitrogens is 3. The van der Waals surface area contributed by atoms with Crippen LogP contribution in [-0.2, 0) is 0 Å². The van der Waals surface area contributed by atoms with E-state index in [0.29, 0.717) is 17.5 Å². The second-order valence-electron chi connectivity index (χ2n) is 12.2. The molecule has 3 nitrogen and oxygen atoms in total. The third kappa shape index (κ3) is 6.77. The minimum Gasteiger partial charge on any atom is -0.213 e. The highest BCUT2D eigenvalue weighted by Gasteiger charge is 2.13. The Balaban J connectivity index is 1.25. The summed E-state index contributed by atoms with van der Waals surface area (Å²) in [6, 6.07) is 43.0. The van der Waals surface area contributed by atoms with E-state index in [9.17, 15) is 0 Å². The van der Waals surface area contributed by atoms with Gasteiger partial charge in [0.25, 0.3) is 0 Å². The molecule has 1 aromatic heterocycles. The van der Waals surface area contributed by atoms with Gasteiger partial charge in [-0.3, -0.25) is 0 Å². The molecular weight excluding hydrogens is 583 g/mol. The summed E-state index contributed by atoms with van der Waals surface area (Å²) < 4.78 is 0. The predicted molar refractivity (Wildman–Crippen MR) is 202 cm³/mol. The van der Waals surface area contributed by atoms with Crippen LogP contribution in [0, 0.1) is 6.92 Å². The second-order valence-corrected chi connectivity index (χ2v) is 12.2. The van der Waals surface area contributed by atoms with Gasteiger partial charge in [0.15, 0.2) is 11.6 Å². The molecule has 1 heterocycles. The van der Waals surface area contributed by atoms with Gasteiger partial charge < -0.3 is 0 Å². The summed E-state index contributed by atoms with van der Waals surface area (Å²) in [5, 5.41) is 0. The minimum absolute atomic E-state index is 0.659. The maximum Gasteiger partial charge on any atom is 0.163 e. The lowest BCUT2D eigenvalue weighted by molar-refractivity contribution is 0.992. The molecule has 0 fully saturated rings. The van der Waals surface area contributed by atoms with Gasteiger partial charge in [0.2, 0.25) is 0 Å². The zero-order valence-corrected chi connectivity index (χ0v) is 27.4. The molecule has 1 aliphatic rings. The monoisotopic (exact) mass is 619 g/mol. The fourth-order valence-corrected chi connectivity index (χ4v) is 6.25. The second kappa shape index (κ2) is 13.8. The quantitative estimate of drug-likeness (QED) is 0.159. The number of allylic oxidation sites excluding steroid dienone is 7. The maximum atomic E-state index is 5.01. The van der Waals surface area contributed by atoms with E-state index in [-0.39, 0.29) is 0 Å². The van der Waals surface area contributed by atoms with E-state index in [1.54, 1.807) is 0 Å². The minimum atomic E-state index is 0.659. The predicted octanol–water partition coefficient (Wildman–Crippen LogP) is 11.8. The molecule has 0 unspecified atom stereocenters. The number of rotatable bonds is 8. The topological polar surface area (TPSA) is 38.7 Å². The Kier molecular flexibility index (Phi) is 8.84. The van der Waals surface area contributed by atoms with Crippen LogP contribution in [0.25, 0.3) is 67.3 Å². The van der Waals surface area contributed by atoms with Crippen LogP contribution in [0.15, 0.2) is 158 Å². The highest BCUT2D eigenvalue weighted by molar-refractivity contribution is 5.82. The number of benzene rings is 5. The zero-order valence-electron chi connectivity index (χ0n) is 27.4. The number of aryl methyl sites for hydroxylation is 1. The summed E-state index contributed by atoms with van der Waals surface area (Å²) in [5.74, 6) is 2.01. The highest BCUT2D eigenvalue weighted by Crippen LogP contribution is 2.34. The van der Waals surface area contributed by atoms with Gasteiger partial charge in [-0.1, -0.05) is 122 Å². The first kappa shape index (κ1) is 30.7. The lowest BCUT2D eigenvalue weighted by Crippen LogP contribution is -2.00. The van der Waals surface area contributed by atoms with Gasteiger partial charge in [-0.15, -0.1) is 0 Å². The van der Waals surface area contributed by atoms with E-state index in [4.69, 9.17) is 15.0 Å². The van der Waals surface area contributed by atoms with Crippen molar-refractivity contribution in [2.24, 2.45) is 0 Å². The summed E-state index contributed by atoms with van der Waals surface area (Å²) in [4.78, 5) is 14.6. The molecule has 1 aliphatic carbocycles. The van der Waals surface area contributed by atoms with Crippen LogP contribution in [0.3, 0.4) is 0 Å². The van der Waals surface area contributed by atoms with Gasteiger partial charge in [-0.05, 0) is 119 Å². The molecule has 0 saturated carbocycles. The number of hydrogen-bond donors (Lipinski definition) is 0. The molecule has 0 spiro atoms. The average Bonchev–Trinajstić information content (AvgIpc) is 3.15. The van der Waals surface area contributed by atoms with Crippen molar-refractivity contribution in [2.45, 2.75) is 26.7 Å². The van der Waals surface area contributed by atoms with Crippen molar-refractivity contribution in [3.05, 3.63) is 175 Å². The van der Waals surface area contributed by atoms with Crippen molar-refractivity contribution in [3.8, 4) is 56.2 Å². The normalized spacial score (nSPS) is 12.9. The summed E-state index contributed by atoms with van der Waals surface area (Å²) in [6.07, 6.45) is 12.7. The zero-order chi connectivity index (χ0) is 32.9. The Hall–Kier alpha value is -5.93. The molecule has 5 aromatic carbocycles. The maximum absolute atomic E-state index is 5.01. The molecule has 0 atom stereocenters. The summed E-state index contributed by atoms with van der Waals surface area (Å²) in [5.41, 5.74) is 13.8. The van der Waals surface area contributed by atoms with Gasteiger partial charge in [-0.2, -0.15) is 0 Å². The molecule has 48 heavy (non-hydrogen) atoms. The van der Waals surface area contributed by atoms with Crippen LogP contribution in [-0.4, -0.2) is 15.0 Å². The summed E-state index contributed by atoms with van der Waals surface area (Å²) in [6.45, 7) is 7.97. The lowest BCUT2D eigenvalue weighted by Gasteiger charge is -2.13. The van der Waals surface area contributed by atoms with Crippen LogP contribution in [0.1, 0.15) is 36.7 Å². The molecule has 0 amide bonds. The molecule has 0 radical (unpaired) electrons. The number of nitrogens with zero attached hydrogens (tertiary/aromatic N) is 3. The van der Waals surface area contributed by atoms with Crippen molar-refractivity contribution in [3.63, 3.8) is 0 Å². The van der Waals surface area contributed by atoms with Gasteiger partial charge in [0.1, 0.15) is 5.82 Å². The molecule has 3 heteroatoms. The van der Waals surface area contributed by atoms with Crippen LogP contribution >= 0.6 is 0 Å². The smallest absolute Gasteiger partial charge is 0.163 e. The fourth-order valence-electron chi connectivity index (χ4n) is 6.25. The van der Waals surface area contributed by atoms with E-state index >= 15 is 0 Å². The van der Waals surface area contributed by atoms with Crippen molar-refractivity contribution >= 4 is 11.1 Å². The lowest BCUT2D eigenvalue weighted by atomic mass is 9.93. The summed E-state index contributed by atoms with van der Waals surface area (Å²) >= 11 is 0. The Morgan fingerprint density at radius 2 is 1.10 bits per heavy atom.